The van der Waals surface area contributed by atoms with Gasteiger partial charge in [0.15, 0.2) is 0 Å². The summed E-state index contributed by atoms with van der Waals surface area (Å²) in [5, 5.41) is 2.70. The summed E-state index contributed by atoms with van der Waals surface area (Å²) >= 11 is 0. The molecule has 0 spiro atoms. The molecule has 114 valence electrons. The monoisotopic (exact) mass is 309 g/mol. The highest BCUT2D eigenvalue weighted by Gasteiger charge is 2.10. The SMILES string of the molecule is Nc1ccc(-c2ccc(F)nc2)cc1NC(=O)c1ccncn1. The highest BCUT2D eigenvalue weighted by molar-refractivity contribution is 6.04. The van der Waals surface area contributed by atoms with Crippen LogP contribution in [0.2, 0.25) is 0 Å². The molecule has 0 bridgehead atoms. The second-order valence-electron chi connectivity index (χ2n) is 4.72. The molecule has 3 N–H and O–H groups in total. The number of carbonyl (C=O) groups excluding carboxylic acids is 1. The third-order valence-corrected chi connectivity index (χ3v) is 3.18. The fourth-order valence-corrected chi connectivity index (χ4v) is 2.00. The van der Waals surface area contributed by atoms with E-state index in [1.54, 1.807) is 24.3 Å². The van der Waals surface area contributed by atoms with Crippen molar-refractivity contribution in [1.82, 2.24) is 15.0 Å². The van der Waals surface area contributed by atoms with Gasteiger partial charge in [-0.15, -0.1) is 0 Å². The summed E-state index contributed by atoms with van der Waals surface area (Å²) in [6.45, 7) is 0. The molecule has 1 amide bonds. The van der Waals surface area contributed by atoms with Gasteiger partial charge in [0.05, 0.1) is 11.4 Å². The molecule has 2 heterocycles. The molecule has 1 aromatic carbocycles. The predicted octanol–water partition coefficient (Wildman–Crippen LogP) is 2.51. The maximum absolute atomic E-state index is 12.9. The van der Waals surface area contributed by atoms with Crippen LogP contribution in [0.4, 0.5) is 15.8 Å². The molecule has 0 aliphatic heterocycles. The van der Waals surface area contributed by atoms with Crippen molar-refractivity contribution >= 4 is 17.3 Å². The van der Waals surface area contributed by atoms with Crippen LogP contribution < -0.4 is 11.1 Å². The van der Waals surface area contributed by atoms with E-state index in [0.29, 0.717) is 16.9 Å². The molecule has 0 atom stereocenters. The van der Waals surface area contributed by atoms with Crippen LogP contribution in [0.15, 0.2) is 55.1 Å². The molecule has 0 radical (unpaired) electrons. The second kappa shape index (κ2) is 6.18. The zero-order valence-electron chi connectivity index (χ0n) is 11.9. The minimum Gasteiger partial charge on any atom is -0.397 e. The van der Waals surface area contributed by atoms with Crippen LogP contribution in [0.1, 0.15) is 10.5 Å². The maximum Gasteiger partial charge on any atom is 0.274 e. The highest BCUT2D eigenvalue weighted by Crippen LogP contribution is 2.27. The van der Waals surface area contributed by atoms with Crippen LogP contribution in [-0.2, 0) is 0 Å². The molecule has 0 saturated heterocycles. The third kappa shape index (κ3) is 3.29. The van der Waals surface area contributed by atoms with Crippen molar-refractivity contribution in [3.8, 4) is 11.1 Å². The van der Waals surface area contributed by atoms with E-state index in [4.69, 9.17) is 5.73 Å². The van der Waals surface area contributed by atoms with E-state index in [-0.39, 0.29) is 5.69 Å². The van der Waals surface area contributed by atoms with Crippen LogP contribution in [0.25, 0.3) is 11.1 Å². The first kappa shape index (κ1) is 14.6. The van der Waals surface area contributed by atoms with E-state index in [1.807, 2.05) is 0 Å². The van der Waals surface area contributed by atoms with E-state index < -0.39 is 11.9 Å². The number of hydrogen-bond acceptors (Lipinski definition) is 5. The van der Waals surface area contributed by atoms with E-state index in [2.05, 4.69) is 20.3 Å². The first-order valence-electron chi connectivity index (χ1n) is 6.72. The van der Waals surface area contributed by atoms with Gasteiger partial charge in [-0.25, -0.2) is 15.0 Å². The lowest BCUT2D eigenvalue weighted by molar-refractivity contribution is 0.102. The summed E-state index contributed by atoms with van der Waals surface area (Å²) in [7, 11) is 0. The van der Waals surface area contributed by atoms with Gasteiger partial charge in [0, 0.05) is 18.0 Å². The Labute approximate surface area is 131 Å². The quantitative estimate of drug-likeness (QED) is 0.572. The van der Waals surface area contributed by atoms with Crippen molar-refractivity contribution in [1.29, 1.82) is 0 Å². The number of hydrogen-bond donors (Lipinski definition) is 2. The number of anilines is 2. The number of pyridine rings is 1. The van der Waals surface area contributed by atoms with E-state index in [0.717, 1.165) is 5.56 Å². The topological polar surface area (TPSA) is 93.8 Å². The van der Waals surface area contributed by atoms with Crippen molar-refractivity contribution < 1.29 is 9.18 Å². The third-order valence-electron chi connectivity index (χ3n) is 3.18. The minimum atomic E-state index is -0.554. The average Bonchev–Trinajstić information content (AvgIpc) is 2.58. The van der Waals surface area contributed by atoms with Gasteiger partial charge in [0.25, 0.3) is 5.91 Å². The van der Waals surface area contributed by atoms with Gasteiger partial charge in [-0.05, 0) is 35.9 Å². The Morgan fingerprint density at radius 3 is 2.61 bits per heavy atom. The molecular formula is C16H12FN5O. The van der Waals surface area contributed by atoms with Crippen molar-refractivity contribution in [3.05, 3.63) is 66.8 Å². The second-order valence-corrected chi connectivity index (χ2v) is 4.72. The minimum absolute atomic E-state index is 0.230. The van der Waals surface area contributed by atoms with Gasteiger partial charge >= 0.3 is 0 Å². The van der Waals surface area contributed by atoms with E-state index in [1.165, 1.54) is 30.9 Å². The molecule has 0 aliphatic rings. The van der Waals surface area contributed by atoms with Gasteiger partial charge in [-0.1, -0.05) is 6.07 Å². The molecule has 6 nitrogen and oxygen atoms in total. The molecule has 2 aromatic heterocycles. The number of nitrogen functional groups attached to an aromatic ring is 1. The average molecular weight is 309 g/mol. The van der Waals surface area contributed by atoms with Crippen LogP contribution >= 0.6 is 0 Å². The Morgan fingerprint density at radius 1 is 1.09 bits per heavy atom. The molecular weight excluding hydrogens is 297 g/mol. The summed E-state index contributed by atoms with van der Waals surface area (Å²) < 4.78 is 12.9. The van der Waals surface area contributed by atoms with Crippen LogP contribution in [0.5, 0.6) is 0 Å². The Balaban J connectivity index is 1.89. The largest absolute Gasteiger partial charge is 0.397 e. The molecule has 23 heavy (non-hydrogen) atoms. The molecule has 3 rings (SSSR count). The van der Waals surface area contributed by atoms with Crippen LogP contribution in [0.3, 0.4) is 0 Å². The van der Waals surface area contributed by atoms with Gasteiger partial charge in [-0.3, -0.25) is 4.79 Å². The lowest BCUT2D eigenvalue weighted by Crippen LogP contribution is -2.14. The Morgan fingerprint density at radius 2 is 1.91 bits per heavy atom. The van der Waals surface area contributed by atoms with Crippen molar-refractivity contribution in [2.45, 2.75) is 0 Å². The Kier molecular flexibility index (Phi) is 3.92. The fraction of sp³-hybridized carbons (Fsp3) is 0. The van der Waals surface area contributed by atoms with Gasteiger partial charge < -0.3 is 11.1 Å². The van der Waals surface area contributed by atoms with Gasteiger partial charge in [-0.2, -0.15) is 4.39 Å². The lowest BCUT2D eigenvalue weighted by atomic mass is 10.1. The summed E-state index contributed by atoms with van der Waals surface area (Å²) in [4.78, 5) is 23.4. The van der Waals surface area contributed by atoms with Crippen LogP contribution in [-0.4, -0.2) is 20.9 Å². The maximum atomic E-state index is 12.9. The standard InChI is InChI=1S/C16H12FN5O/c17-15-4-2-11(8-20-15)10-1-3-12(18)14(7-10)22-16(23)13-5-6-19-9-21-13/h1-9H,18H2,(H,22,23). The summed E-state index contributed by atoms with van der Waals surface area (Å²) in [5.74, 6) is -0.949. The fourth-order valence-electron chi connectivity index (χ4n) is 2.00. The first-order chi connectivity index (χ1) is 11.1. The van der Waals surface area contributed by atoms with Crippen molar-refractivity contribution in [2.24, 2.45) is 0 Å². The zero-order chi connectivity index (χ0) is 16.2. The number of nitrogens with zero attached hydrogens (tertiary/aromatic N) is 3. The van der Waals surface area contributed by atoms with E-state index >= 15 is 0 Å². The van der Waals surface area contributed by atoms with Gasteiger partial charge in [0.1, 0.15) is 12.0 Å². The number of nitrogens with one attached hydrogen (secondary N) is 1. The first-order valence-corrected chi connectivity index (χ1v) is 6.72. The number of benzene rings is 1. The number of rotatable bonds is 3. The molecule has 3 aromatic rings. The normalized spacial score (nSPS) is 10.3. The molecule has 7 heteroatoms. The Hall–Kier alpha value is -3.35. The number of amides is 1. The number of carbonyl (C=O) groups is 1. The smallest absolute Gasteiger partial charge is 0.274 e. The molecule has 0 fully saturated rings. The highest BCUT2D eigenvalue weighted by atomic mass is 19.1. The number of nitrogens with two attached hydrogens (primary N) is 1. The zero-order valence-corrected chi connectivity index (χ0v) is 11.9. The van der Waals surface area contributed by atoms with Crippen LogP contribution in [0, 0.1) is 5.95 Å². The Bertz CT molecular complexity index is 837. The van der Waals surface area contributed by atoms with Crippen molar-refractivity contribution in [3.63, 3.8) is 0 Å². The summed E-state index contributed by atoms with van der Waals surface area (Å²) in [5.41, 5.74) is 8.44. The molecule has 0 aliphatic carbocycles. The molecule has 0 unspecified atom stereocenters. The summed E-state index contributed by atoms with van der Waals surface area (Å²) in [6.07, 6.45) is 4.18. The molecule has 0 saturated carbocycles. The van der Waals surface area contributed by atoms with Crippen molar-refractivity contribution in [2.75, 3.05) is 11.1 Å². The van der Waals surface area contributed by atoms with E-state index in [9.17, 15) is 9.18 Å². The number of halogens is 1. The number of aromatic nitrogens is 3. The lowest BCUT2D eigenvalue weighted by Gasteiger charge is -2.10. The predicted molar refractivity (Wildman–Crippen MR) is 84.0 cm³/mol. The summed E-state index contributed by atoms with van der Waals surface area (Å²) in [6, 6.07) is 9.50. The van der Waals surface area contributed by atoms with Gasteiger partial charge in [0.2, 0.25) is 5.95 Å².